The Balaban J connectivity index is 1.84. The molecule has 0 unspecified atom stereocenters. The molecule has 0 aliphatic heterocycles. The molecule has 6 heteroatoms. The second-order valence-electron chi connectivity index (χ2n) is 3.95. The Kier molecular flexibility index (Phi) is 2.97. The van der Waals surface area contributed by atoms with Crippen LogP contribution in [-0.2, 0) is 6.61 Å². The summed E-state index contributed by atoms with van der Waals surface area (Å²) in [5.41, 5.74) is 0.596. The van der Waals surface area contributed by atoms with Gasteiger partial charge in [-0.05, 0) is 24.3 Å². The number of phenols is 1. The van der Waals surface area contributed by atoms with Crippen LogP contribution in [-0.4, -0.2) is 19.7 Å². The summed E-state index contributed by atoms with van der Waals surface area (Å²) < 4.78 is 7.32. The van der Waals surface area contributed by atoms with Crippen molar-refractivity contribution in [2.24, 2.45) is 0 Å². The molecule has 1 aromatic carbocycles. The lowest BCUT2D eigenvalue weighted by molar-refractivity contribution is 0.293. The number of rotatable bonds is 3. The van der Waals surface area contributed by atoms with Crippen molar-refractivity contribution >= 4 is 17.2 Å². The normalized spacial score (nSPS) is 10.8. The van der Waals surface area contributed by atoms with E-state index in [1.54, 1.807) is 28.7 Å². The number of benzene rings is 1. The summed E-state index contributed by atoms with van der Waals surface area (Å²) in [6, 6.07) is 10.2. The van der Waals surface area contributed by atoms with E-state index in [-0.39, 0.29) is 12.4 Å². The lowest BCUT2D eigenvalue weighted by atomic mass is 10.3. The first-order valence-corrected chi connectivity index (χ1v) is 6.02. The van der Waals surface area contributed by atoms with Crippen LogP contribution in [0.2, 0.25) is 5.02 Å². The van der Waals surface area contributed by atoms with Gasteiger partial charge in [0, 0.05) is 12.3 Å². The van der Waals surface area contributed by atoms with Gasteiger partial charge in [0.15, 0.2) is 11.5 Å². The minimum absolute atomic E-state index is 0.159. The first kappa shape index (κ1) is 11.8. The molecule has 96 valence electrons. The van der Waals surface area contributed by atoms with Crippen LogP contribution in [0, 0.1) is 0 Å². The van der Waals surface area contributed by atoms with Crippen molar-refractivity contribution in [1.29, 1.82) is 0 Å². The zero-order valence-electron chi connectivity index (χ0n) is 9.82. The maximum Gasteiger partial charge on any atom is 0.179 e. The number of aromatic nitrogens is 3. The third-order valence-corrected chi connectivity index (χ3v) is 2.94. The molecular formula is C13H10ClN3O2. The first-order valence-electron chi connectivity index (χ1n) is 5.64. The van der Waals surface area contributed by atoms with E-state index in [0.29, 0.717) is 22.2 Å². The number of fused-ring (bicyclic) bond motifs is 1. The molecule has 1 N–H and O–H groups in total. The summed E-state index contributed by atoms with van der Waals surface area (Å²) in [6.45, 7) is 0.241. The summed E-state index contributed by atoms with van der Waals surface area (Å²) in [6.07, 6.45) is 1.82. The average molecular weight is 276 g/mol. The Labute approximate surface area is 114 Å². The van der Waals surface area contributed by atoms with Crippen LogP contribution in [0.4, 0.5) is 0 Å². The molecule has 0 saturated carbocycles. The summed E-state index contributed by atoms with van der Waals surface area (Å²) >= 11 is 6.01. The summed E-state index contributed by atoms with van der Waals surface area (Å²) in [4.78, 5) is 0. The van der Waals surface area contributed by atoms with Gasteiger partial charge in [-0.3, -0.25) is 4.40 Å². The van der Waals surface area contributed by atoms with Gasteiger partial charge in [0.1, 0.15) is 18.1 Å². The van der Waals surface area contributed by atoms with Gasteiger partial charge in [-0.15, -0.1) is 10.2 Å². The zero-order chi connectivity index (χ0) is 13.2. The van der Waals surface area contributed by atoms with Crippen LogP contribution in [0.5, 0.6) is 11.5 Å². The van der Waals surface area contributed by atoms with Gasteiger partial charge in [0.25, 0.3) is 0 Å². The van der Waals surface area contributed by atoms with E-state index in [1.807, 2.05) is 12.3 Å². The number of hydrogen-bond acceptors (Lipinski definition) is 4. The minimum atomic E-state index is 0.159. The molecule has 0 amide bonds. The molecule has 0 bridgehead atoms. The Morgan fingerprint density at radius 1 is 1.21 bits per heavy atom. The Bertz CT molecular complexity index is 727. The van der Waals surface area contributed by atoms with Crippen LogP contribution >= 0.6 is 11.6 Å². The minimum Gasteiger partial charge on any atom is -0.508 e. The molecular weight excluding hydrogens is 266 g/mol. The number of phenolic OH excluding ortho intramolecular Hbond substituents is 1. The van der Waals surface area contributed by atoms with Crippen LogP contribution in [0.3, 0.4) is 0 Å². The molecule has 3 aromatic rings. The van der Waals surface area contributed by atoms with Gasteiger partial charge in [-0.25, -0.2) is 0 Å². The summed E-state index contributed by atoms with van der Waals surface area (Å²) in [5.74, 6) is 1.37. The number of aromatic hydroxyl groups is 1. The fourth-order valence-corrected chi connectivity index (χ4v) is 1.95. The third kappa shape index (κ3) is 2.32. The highest BCUT2D eigenvalue weighted by atomic mass is 35.5. The lowest BCUT2D eigenvalue weighted by Gasteiger charge is -2.05. The molecule has 0 radical (unpaired) electrons. The van der Waals surface area contributed by atoms with Gasteiger partial charge in [0.05, 0.1) is 5.02 Å². The van der Waals surface area contributed by atoms with E-state index < -0.39 is 0 Å². The van der Waals surface area contributed by atoms with Crippen LogP contribution in [0.25, 0.3) is 5.65 Å². The molecule has 0 aliphatic carbocycles. The van der Waals surface area contributed by atoms with Gasteiger partial charge < -0.3 is 9.84 Å². The highest BCUT2D eigenvalue weighted by Gasteiger charge is 2.08. The predicted molar refractivity (Wildman–Crippen MR) is 70.4 cm³/mol. The summed E-state index contributed by atoms with van der Waals surface area (Å²) in [5, 5.41) is 17.9. The second-order valence-corrected chi connectivity index (χ2v) is 4.36. The molecule has 0 aliphatic rings. The largest absolute Gasteiger partial charge is 0.508 e. The maximum atomic E-state index is 9.35. The van der Waals surface area contributed by atoms with Crippen LogP contribution < -0.4 is 4.74 Å². The van der Waals surface area contributed by atoms with Crippen molar-refractivity contribution in [3.05, 3.63) is 53.4 Å². The molecule has 0 fully saturated rings. The fourth-order valence-electron chi connectivity index (χ4n) is 1.75. The molecule has 5 nitrogen and oxygen atoms in total. The third-order valence-electron chi connectivity index (χ3n) is 2.64. The Morgan fingerprint density at radius 3 is 2.95 bits per heavy atom. The van der Waals surface area contributed by atoms with Crippen molar-refractivity contribution in [2.45, 2.75) is 6.61 Å². The lowest BCUT2D eigenvalue weighted by Crippen LogP contribution is -2.01. The van der Waals surface area contributed by atoms with Gasteiger partial charge >= 0.3 is 0 Å². The molecule has 19 heavy (non-hydrogen) atoms. The Hall–Kier alpha value is -2.27. The van der Waals surface area contributed by atoms with Crippen molar-refractivity contribution in [3.63, 3.8) is 0 Å². The summed E-state index contributed by atoms with van der Waals surface area (Å²) in [7, 11) is 0. The molecule has 0 atom stereocenters. The molecule has 2 heterocycles. The number of nitrogens with zero attached hydrogens (tertiary/aromatic N) is 3. The quantitative estimate of drug-likeness (QED) is 0.798. The SMILES string of the molecule is Oc1cccc(OCc2nnc3c(Cl)cccn23)c1. The smallest absolute Gasteiger partial charge is 0.179 e. The van der Waals surface area contributed by atoms with E-state index in [1.165, 1.54) is 6.07 Å². The van der Waals surface area contributed by atoms with Crippen LogP contribution in [0.1, 0.15) is 5.82 Å². The molecule has 0 saturated heterocycles. The standard InChI is InChI=1S/C13H10ClN3O2/c14-11-5-2-6-17-12(15-16-13(11)17)8-19-10-4-1-3-9(18)7-10/h1-7,18H,8H2. The van der Waals surface area contributed by atoms with E-state index in [4.69, 9.17) is 16.3 Å². The van der Waals surface area contributed by atoms with E-state index in [0.717, 1.165) is 0 Å². The second kappa shape index (κ2) is 4.78. The topological polar surface area (TPSA) is 59.7 Å². The first-order chi connectivity index (χ1) is 9.24. The predicted octanol–water partition coefficient (Wildman–Crippen LogP) is 2.67. The van der Waals surface area contributed by atoms with Crippen molar-refractivity contribution in [1.82, 2.24) is 14.6 Å². The highest BCUT2D eigenvalue weighted by Crippen LogP contribution is 2.20. The zero-order valence-corrected chi connectivity index (χ0v) is 10.6. The average Bonchev–Trinajstić information content (AvgIpc) is 2.81. The van der Waals surface area contributed by atoms with E-state index in [2.05, 4.69) is 10.2 Å². The van der Waals surface area contributed by atoms with Crippen molar-refractivity contribution in [3.8, 4) is 11.5 Å². The van der Waals surface area contributed by atoms with Gasteiger partial charge in [0.2, 0.25) is 0 Å². The monoisotopic (exact) mass is 275 g/mol. The van der Waals surface area contributed by atoms with E-state index >= 15 is 0 Å². The maximum absolute atomic E-state index is 9.35. The molecule has 3 rings (SSSR count). The van der Waals surface area contributed by atoms with Gasteiger partial charge in [-0.2, -0.15) is 0 Å². The fraction of sp³-hybridized carbons (Fsp3) is 0.0769. The highest BCUT2D eigenvalue weighted by molar-refractivity contribution is 6.33. The molecule has 2 aromatic heterocycles. The van der Waals surface area contributed by atoms with Crippen molar-refractivity contribution < 1.29 is 9.84 Å². The van der Waals surface area contributed by atoms with Crippen LogP contribution in [0.15, 0.2) is 42.6 Å². The van der Waals surface area contributed by atoms with Crippen molar-refractivity contribution in [2.75, 3.05) is 0 Å². The molecule has 0 spiro atoms. The number of ether oxygens (including phenoxy) is 1. The Morgan fingerprint density at radius 2 is 2.11 bits per heavy atom. The van der Waals surface area contributed by atoms with E-state index in [9.17, 15) is 5.11 Å². The van der Waals surface area contributed by atoms with Gasteiger partial charge in [-0.1, -0.05) is 17.7 Å². The number of halogens is 1. The number of pyridine rings is 1. The number of hydrogen-bond donors (Lipinski definition) is 1.